The van der Waals surface area contributed by atoms with Crippen LogP contribution in [0, 0.1) is 72.7 Å². The van der Waals surface area contributed by atoms with Crippen molar-refractivity contribution in [3.05, 3.63) is 60.8 Å². The van der Waals surface area contributed by atoms with E-state index >= 15 is 0 Å². The predicted octanol–water partition coefficient (Wildman–Crippen LogP) is 4.39. The molecule has 0 aliphatic heterocycles. The van der Waals surface area contributed by atoms with Gasteiger partial charge in [0.1, 0.15) is 17.4 Å². The molecule has 1 atom stereocenters. The van der Waals surface area contributed by atoms with Gasteiger partial charge in [0, 0.05) is 18.2 Å². The molecule has 0 aliphatic carbocycles. The second-order valence-corrected chi connectivity index (χ2v) is 6.19. The van der Waals surface area contributed by atoms with Gasteiger partial charge in [-0.2, -0.15) is 11.2 Å². The van der Waals surface area contributed by atoms with Crippen LogP contribution in [0.3, 0.4) is 0 Å². The Balaban J connectivity index is 0.000000376. The molecule has 28 heavy (non-hydrogen) atoms. The van der Waals surface area contributed by atoms with E-state index in [1.54, 1.807) is 24.4 Å². The van der Waals surface area contributed by atoms with Crippen molar-refractivity contribution >= 4 is 11.0 Å². The molecule has 0 aliphatic rings. The van der Waals surface area contributed by atoms with E-state index < -0.39 is 0 Å². The Bertz CT molecular complexity index is 963. The third-order valence-corrected chi connectivity index (χ3v) is 4.12. The second kappa shape index (κ2) is 12.4. The minimum atomic E-state index is 0. The summed E-state index contributed by atoms with van der Waals surface area (Å²) in [5.74, 6) is 0.463. The standard InChI is InChI=1S/C15H7N4.C7H15O.U/c16-8-10-2-1-3-11(6-10)13-4-5-18-15-14(13)7-12(9-17)19-15;1-3-4-7(2)5-6-8;/h1,3-7H,(H,18,19);7-8H,2-6H2,1H3;/q2*-1;+2. The summed E-state index contributed by atoms with van der Waals surface area (Å²) in [7, 11) is 0. The van der Waals surface area contributed by atoms with Crippen molar-refractivity contribution in [2.24, 2.45) is 5.92 Å². The number of aromatic nitrogens is 2. The zero-order chi connectivity index (χ0) is 19.6. The van der Waals surface area contributed by atoms with Gasteiger partial charge in [-0.05, 0) is 23.8 Å². The van der Waals surface area contributed by atoms with E-state index in [0.717, 1.165) is 29.4 Å². The molecule has 1 aromatic carbocycles. The molecular weight excluding hydrogens is 574 g/mol. The maximum atomic E-state index is 8.93. The number of nitrogens with zero attached hydrogens (tertiary/aromatic N) is 3. The number of fused-ring (bicyclic) bond motifs is 1. The van der Waals surface area contributed by atoms with Gasteiger partial charge in [0.05, 0.1) is 0 Å². The van der Waals surface area contributed by atoms with Crippen LogP contribution in [-0.2, 0) is 0 Å². The number of H-pyrrole nitrogens is 1. The molecule has 3 aromatic rings. The molecule has 1 unspecified atom stereocenters. The van der Waals surface area contributed by atoms with Crippen molar-refractivity contribution in [1.82, 2.24) is 9.97 Å². The number of hydrogen-bond acceptors (Lipinski definition) is 4. The Morgan fingerprint density at radius 2 is 2.04 bits per heavy atom. The van der Waals surface area contributed by atoms with Crippen LogP contribution in [-0.4, -0.2) is 21.7 Å². The summed E-state index contributed by atoms with van der Waals surface area (Å²) >= 11 is 0. The summed E-state index contributed by atoms with van der Waals surface area (Å²) < 4.78 is 0. The molecule has 0 saturated carbocycles. The van der Waals surface area contributed by atoms with Crippen LogP contribution in [0.25, 0.3) is 22.2 Å². The smallest absolute Gasteiger partial charge is 0.396 e. The average molecular weight is 596 g/mol. The van der Waals surface area contributed by atoms with Gasteiger partial charge in [0.2, 0.25) is 0 Å². The summed E-state index contributed by atoms with van der Waals surface area (Å²) in [6.45, 7) is 6.28. The van der Waals surface area contributed by atoms with Gasteiger partial charge in [-0.25, -0.2) is 4.98 Å². The molecule has 0 spiro atoms. The van der Waals surface area contributed by atoms with Gasteiger partial charge in [-0.15, -0.1) is 24.3 Å². The Labute approximate surface area is 189 Å². The molecule has 5 nitrogen and oxygen atoms in total. The number of aliphatic hydroxyl groups is 1. The van der Waals surface area contributed by atoms with Crippen LogP contribution < -0.4 is 0 Å². The first-order valence-corrected chi connectivity index (χ1v) is 8.86. The SMILES string of the molecule is N#Cc1[c-]ccc(-c2ccnc3[nH]c(C#N)cc23)c1.[CH2-]C(CCC)CCO.[U+2]. The third kappa shape index (κ3) is 6.50. The molecule has 0 amide bonds. The quantitative estimate of drug-likeness (QED) is 0.427. The Hall–Kier alpha value is -2.10. The van der Waals surface area contributed by atoms with Crippen molar-refractivity contribution in [2.45, 2.75) is 26.2 Å². The second-order valence-electron chi connectivity index (χ2n) is 6.19. The van der Waals surface area contributed by atoms with E-state index in [1.807, 2.05) is 12.1 Å². The molecule has 0 radical (unpaired) electrons. The van der Waals surface area contributed by atoms with Crippen LogP contribution >= 0.6 is 0 Å². The minimum absolute atomic E-state index is 0. The zero-order valence-corrected chi connectivity index (χ0v) is 20.0. The van der Waals surface area contributed by atoms with Crippen molar-refractivity contribution in [2.75, 3.05) is 6.61 Å². The number of aromatic amines is 1. The van der Waals surface area contributed by atoms with E-state index in [0.29, 0.717) is 22.8 Å². The maximum absolute atomic E-state index is 8.93. The number of rotatable bonds is 5. The number of pyridine rings is 1. The van der Waals surface area contributed by atoms with Crippen molar-refractivity contribution in [3.63, 3.8) is 0 Å². The summed E-state index contributed by atoms with van der Waals surface area (Å²) in [5.41, 5.74) is 3.47. The molecule has 140 valence electrons. The van der Waals surface area contributed by atoms with Crippen LogP contribution in [0.5, 0.6) is 0 Å². The molecular formula is C22H22N4OU. The van der Waals surface area contributed by atoms with Crippen LogP contribution in [0.4, 0.5) is 0 Å². The molecule has 2 aromatic heterocycles. The molecule has 2 N–H and O–H groups in total. The normalized spacial score (nSPS) is 10.8. The number of benzene rings is 1. The van der Waals surface area contributed by atoms with Crippen molar-refractivity contribution in [3.8, 4) is 23.3 Å². The van der Waals surface area contributed by atoms with E-state index in [1.165, 1.54) is 6.42 Å². The Morgan fingerprint density at radius 1 is 1.25 bits per heavy atom. The monoisotopic (exact) mass is 596 g/mol. The molecule has 6 heteroatoms. The van der Waals surface area contributed by atoms with Crippen LogP contribution in [0.1, 0.15) is 37.4 Å². The van der Waals surface area contributed by atoms with Gasteiger partial charge < -0.3 is 17.0 Å². The fourth-order valence-electron chi connectivity index (χ4n) is 2.77. The summed E-state index contributed by atoms with van der Waals surface area (Å²) in [4.78, 5) is 7.14. The van der Waals surface area contributed by atoms with Gasteiger partial charge in [-0.3, -0.25) is 5.26 Å². The number of nitriles is 2. The Morgan fingerprint density at radius 3 is 2.68 bits per heavy atom. The molecule has 2 heterocycles. The van der Waals surface area contributed by atoms with Crippen LogP contribution in [0.15, 0.2) is 36.5 Å². The molecule has 0 bridgehead atoms. The van der Waals surface area contributed by atoms with E-state index in [9.17, 15) is 0 Å². The number of aliphatic hydroxyl groups excluding tert-OH is 1. The van der Waals surface area contributed by atoms with E-state index in [4.69, 9.17) is 15.6 Å². The first kappa shape index (κ1) is 23.9. The number of nitrogens with one attached hydrogen (secondary N) is 1. The van der Waals surface area contributed by atoms with Gasteiger partial charge in [-0.1, -0.05) is 37.3 Å². The molecule has 3 rings (SSSR count). The average Bonchev–Trinajstić information content (AvgIpc) is 3.12. The van der Waals surface area contributed by atoms with E-state index in [-0.39, 0.29) is 37.7 Å². The largest absolute Gasteiger partial charge is 2.00 e. The molecule has 0 saturated heterocycles. The third-order valence-electron chi connectivity index (χ3n) is 4.12. The van der Waals surface area contributed by atoms with Crippen molar-refractivity contribution in [1.29, 1.82) is 10.5 Å². The summed E-state index contributed by atoms with van der Waals surface area (Å²) in [5, 5.41) is 27.1. The van der Waals surface area contributed by atoms with Gasteiger partial charge in [0.15, 0.2) is 0 Å². The summed E-state index contributed by atoms with van der Waals surface area (Å²) in [6, 6.07) is 16.0. The predicted molar refractivity (Wildman–Crippen MR) is 105 cm³/mol. The first-order chi connectivity index (χ1) is 13.1. The van der Waals surface area contributed by atoms with Crippen molar-refractivity contribution < 1.29 is 36.2 Å². The van der Waals surface area contributed by atoms with Crippen LogP contribution in [0.2, 0.25) is 0 Å². The van der Waals surface area contributed by atoms with E-state index in [2.05, 4.69) is 42.0 Å². The van der Waals surface area contributed by atoms with Gasteiger partial charge >= 0.3 is 31.1 Å². The maximum Gasteiger partial charge on any atom is 2.00 e. The Kier molecular flexibility index (Phi) is 10.6. The topological polar surface area (TPSA) is 96.5 Å². The zero-order valence-electron chi connectivity index (χ0n) is 15.9. The summed E-state index contributed by atoms with van der Waals surface area (Å²) in [6.07, 6.45) is 4.85. The van der Waals surface area contributed by atoms with Gasteiger partial charge in [0.25, 0.3) is 0 Å². The molecule has 0 fully saturated rings. The fraction of sp³-hybridized carbons (Fsp3) is 0.273. The first-order valence-electron chi connectivity index (χ1n) is 8.86. The fourth-order valence-corrected chi connectivity index (χ4v) is 2.77. The number of hydrogen-bond donors (Lipinski definition) is 2. The minimum Gasteiger partial charge on any atom is -0.396 e.